The second kappa shape index (κ2) is 5.61. The normalized spacial score (nSPS) is 11.3. The van der Waals surface area contributed by atoms with E-state index in [0.29, 0.717) is 0 Å². The average Bonchev–Trinajstić information content (AvgIpc) is 1.98. The van der Waals surface area contributed by atoms with Crippen LogP contribution in [0.2, 0.25) is 0 Å². The van der Waals surface area contributed by atoms with Gasteiger partial charge in [-0.1, -0.05) is 21.9 Å². The second-order valence-electron chi connectivity index (χ2n) is 1.88. The maximum atomic E-state index is 10.8. The third-order valence-electron chi connectivity index (χ3n) is 0.907. The summed E-state index contributed by atoms with van der Waals surface area (Å²) in [4.78, 5) is 20.1. The highest BCUT2D eigenvalue weighted by molar-refractivity contribution is 9.10. The molecular formula is C7H7BrO4. The number of ether oxygens (including phenoxy) is 1. The molecule has 0 aromatic heterocycles. The zero-order valence-electron chi connectivity index (χ0n) is 6.12. The van der Waals surface area contributed by atoms with E-state index in [1.54, 1.807) is 0 Å². The largest absolute Gasteiger partial charge is 0.481 e. The quantitative estimate of drug-likeness (QED) is 0.435. The Labute approximate surface area is 78.0 Å². The molecular weight excluding hydrogens is 228 g/mol. The molecule has 0 aliphatic heterocycles. The van der Waals surface area contributed by atoms with Gasteiger partial charge >= 0.3 is 11.9 Å². The molecule has 0 aliphatic carbocycles. The molecule has 66 valence electrons. The van der Waals surface area contributed by atoms with Gasteiger partial charge in [0.2, 0.25) is 0 Å². The Kier molecular flexibility index (Phi) is 5.13. The fraction of sp³-hybridized carbons (Fsp3) is 0.429. The lowest BCUT2D eigenvalue weighted by atomic mass is 10.3. The number of rotatable bonds is 4. The first-order valence-corrected chi connectivity index (χ1v) is 3.95. The Bertz CT molecular complexity index is 218. The SMILES string of the molecule is C#CCOC(=O)C(Br)CC(=O)O. The average molecular weight is 235 g/mol. The van der Waals surface area contributed by atoms with Gasteiger partial charge in [-0.25, -0.2) is 0 Å². The van der Waals surface area contributed by atoms with Crippen molar-refractivity contribution in [3.63, 3.8) is 0 Å². The molecule has 0 fully saturated rings. The Hall–Kier alpha value is -1.02. The van der Waals surface area contributed by atoms with Crippen molar-refractivity contribution in [3.8, 4) is 12.3 Å². The molecule has 0 bridgehead atoms. The number of carbonyl (C=O) groups is 2. The van der Waals surface area contributed by atoms with Gasteiger partial charge in [0.15, 0.2) is 6.61 Å². The monoisotopic (exact) mass is 234 g/mol. The number of carboxylic acids is 1. The lowest BCUT2D eigenvalue weighted by Gasteiger charge is -2.04. The summed E-state index contributed by atoms with van der Waals surface area (Å²) >= 11 is 2.85. The van der Waals surface area contributed by atoms with Crippen molar-refractivity contribution in [2.24, 2.45) is 0 Å². The van der Waals surface area contributed by atoms with Crippen LogP contribution in [0.1, 0.15) is 6.42 Å². The molecule has 0 aromatic rings. The van der Waals surface area contributed by atoms with Crippen molar-refractivity contribution in [1.82, 2.24) is 0 Å². The van der Waals surface area contributed by atoms with Crippen LogP contribution in [-0.2, 0) is 14.3 Å². The maximum absolute atomic E-state index is 10.8. The molecule has 1 atom stereocenters. The number of terminal acetylenes is 1. The number of hydrogen-bond acceptors (Lipinski definition) is 3. The summed E-state index contributed by atoms with van der Waals surface area (Å²) in [5.41, 5.74) is 0. The van der Waals surface area contributed by atoms with Gasteiger partial charge in [-0.3, -0.25) is 9.59 Å². The third kappa shape index (κ3) is 4.74. The molecule has 4 nitrogen and oxygen atoms in total. The van der Waals surface area contributed by atoms with Crippen LogP contribution in [0.5, 0.6) is 0 Å². The Morgan fingerprint density at radius 2 is 2.25 bits per heavy atom. The number of hydrogen-bond donors (Lipinski definition) is 1. The molecule has 0 amide bonds. The van der Waals surface area contributed by atoms with E-state index < -0.39 is 16.8 Å². The summed E-state index contributed by atoms with van der Waals surface area (Å²) in [7, 11) is 0. The van der Waals surface area contributed by atoms with Crippen LogP contribution in [0.3, 0.4) is 0 Å². The number of halogens is 1. The minimum absolute atomic E-state index is 0.138. The van der Waals surface area contributed by atoms with E-state index in [1.165, 1.54) is 0 Å². The van der Waals surface area contributed by atoms with E-state index >= 15 is 0 Å². The first-order chi connectivity index (χ1) is 5.57. The van der Waals surface area contributed by atoms with Crippen molar-refractivity contribution >= 4 is 27.9 Å². The highest BCUT2D eigenvalue weighted by Crippen LogP contribution is 2.06. The first kappa shape index (κ1) is 11.0. The van der Waals surface area contributed by atoms with Crippen LogP contribution in [0, 0.1) is 12.3 Å². The summed E-state index contributed by atoms with van der Waals surface area (Å²) in [5.74, 6) is 0.364. The Balaban J connectivity index is 3.78. The molecule has 0 rings (SSSR count). The van der Waals surface area contributed by atoms with E-state index in [9.17, 15) is 9.59 Å². The van der Waals surface area contributed by atoms with Gasteiger partial charge in [0.05, 0.1) is 6.42 Å². The fourth-order valence-corrected chi connectivity index (χ4v) is 0.849. The second-order valence-corrected chi connectivity index (χ2v) is 2.98. The molecule has 1 N–H and O–H groups in total. The van der Waals surface area contributed by atoms with E-state index in [-0.39, 0.29) is 13.0 Å². The number of alkyl halides is 1. The Morgan fingerprint density at radius 3 is 2.67 bits per heavy atom. The summed E-state index contributed by atoms with van der Waals surface area (Å²) in [6, 6.07) is 0. The van der Waals surface area contributed by atoms with Crippen LogP contribution in [0.15, 0.2) is 0 Å². The molecule has 0 saturated carbocycles. The smallest absolute Gasteiger partial charge is 0.321 e. The zero-order chi connectivity index (χ0) is 9.56. The van der Waals surface area contributed by atoms with Gasteiger partial charge in [0, 0.05) is 0 Å². The maximum Gasteiger partial charge on any atom is 0.321 e. The van der Waals surface area contributed by atoms with Crippen LogP contribution < -0.4 is 0 Å². The predicted molar refractivity (Wildman–Crippen MR) is 44.8 cm³/mol. The first-order valence-electron chi connectivity index (χ1n) is 3.04. The van der Waals surface area contributed by atoms with Gasteiger partial charge in [-0.15, -0.1) is 6.42 Å². The van der Waals surface area contributed by atoms with Gasteiger partial charge in [0.25, 0.3) is 0 Å². The minimum Gasteiger partial charge on any atom is -0.481 e. The lowest BCUT2D eigenvalue weighted by Crippen LogP contribution is -2.20. The molecule has 0 aromatic carbocycles. The van der Waals surface area contributed by atoms with Crippen LogP contribution in [-0.4, -0.2) is 28.5 Å². The zero-order valence-corrected chi connectivity index (χ0v) is 7.70. The number of esters is 1. The molecule has 12 heavy (non-hydrogen) atoms. The molecule has 0 radical (unpaired) electrons. The summed E-state index contributed by atoms with van der Waals surface area (Å²) in [6.45, 7) is -0.138. The van der Waals surface area contributed by atoms with E-state index in [2.05, 4.69) is 26.6 Å². The molecule has 1 unspecified atom stereocenters. The van der Waals surface area contributed by atoms with E-state index in [4.69, 9.17) is 11.5 Å². The van der Waals surface area contributed by atoms with Crippen LogP contribution in [0.25, 0.3) is 0 Å². The van der Waals surface area contributed by atoms with Crippen LogP contribution in [0.4, 0.5) is 0 Å². The topological polar surface area (TPSA) is 63.6 Å². The van der Waals surface area contributed by atoms with Crippen molar-refractivity contribution in [2.75, 3.05) is 6.61 Å². The highest BCUT2D eigenvalue weighted by atomic mass is 79.9. The number of carboxylic acid groups (broad SMARTS) is 1. The standard InChI is InChI=1S/C7H7BrO4/c1-2-3-12-7(11)5(8)4-6(9)10/h1,5H,3-4H2,(H,9,10). The molecule has 0 saturated heterocycles. The number of carbonyl (C=O) groups excluding carboxylic acids is 1. The van der Waals surface area contributed by atoms with Gasteiger partial charge in [-0.05, 0) is 0 Å². The van der Waals surface area contributed by atoms with Crippen molar-refractivity contribution in [2.45, 2.75) is 11.2 Å². The van der Waals surface area contributed by atoms with Crippen molar-refractivity contribution in [1.29, 1.82) is 0 Å². The predicted octanol–water partition coefficient (Wildman–Crippen LogP) is 0.401. The molecule has 0 aliphatic rings. The highest BCUT2D eigenvalue weighted by Gasteiger charge is 2.19. The molecule has 0 spiro atoms. The van der Waals surface area contributed by atoms with Crippen LogP contribution >= 0.6 is 15.9 Å². The summed E-state index contributed by atoms with van der Waals surface area (Å²) in [6.07, 6.45) is 4.50. The van der Waals surface area contributed by atoms with E-state index in [0.717, 1.165) is 0 Å². The third-order valence-corrected chi connectivity index (χ3v) is 1.60. The van der Waals surface area contributed by atoms with Crippen molar-refractivity contribution < 1.29 is 19.4 Å². The van der Waals surface area contributed by atoms with Gasteiger partial charge < -0.3 is 9.84 Å². The summed E-state index contributed by atoms with van der Waals surface area (Å²) < 4.78 is 4.47. The lowest BCUT2D eigenvalue weighted by molar-refractivity contribution is -0.145. The molecule has 5 heteroatoms. The fourth-order valence-electron chi connectivity index (χ4n) is 0.440. The number of aliphatic carboxylic acids is 1. The van der Waals surface area contributed by atoms with Crippen molar-refractivity contribution in [3.05, 3.63) is 0 Å². The molecule has 0 heterocycles. The Morgan fingerprint density at radius 1 is 1.67 bits per heavy atom. The van der Waals surface area contributed by atoms with Gasteiger partial charge in [-0.2, -0.15) is 0 Å². The minimum atomic E-state index is -1.07. The van der Waals surface area contributed by atoms with E-state index in [1.807, 2.05) is 0 Å². The van der Waals surface area contributed by atoms with Gasteiger partial charge in [0.1, 0.15) is 4.83 Å². The summed E-state index contributed by atoms with van der Waals surface area (Å²) in [5, 5.41) is 8.28.